The topological polar surface area (TPSA) is 17.9 Å². The first-order valence-corrected chi connectivity index (χ1v) is 52.3. The average Bonchev–Trinajstić information content (AvgIpc) is 0.965. The van der Waals surface area contributed by atoms with Crippen LogP contribution in [-0.2, 0) is 10.8 Å². The van der Waals surface area contributed by atoms with Gasteiger partial charge in [-0.2, -0.15) is 0 Å². The van der Waals surface area contributed by atoms with Gasteiger partial charge >= 0.3 is 0 Å². The largest absolute Gasteiger partial charge is 0.311 e. The van der Waals surface area contributed by atoms with E-state index in [9.17, 15) is 0 Å². The molecule has 0 saturated heterocycles. The van der Waals surface area contributed by atoms with Crippen molar-refractivity contribution in [1.82, 2.24) is 4.57 Å². The summed E-state index contributed by atoms with van der Waals surface area (Å²) in [4.78, 5) is 10.2. The van der Waals surface area contributed by atoms with Crippen LogP contribution in [0.15, 0.2) is 479 Å². The molecule has 4 aliphatic rings. The Bertz CT molecular complexity index is 8860. The molecule has 136 heavy (non-hydrogen) atoms. The van der Waals surface area contributed by atoms with Crippen LogP contribution in [0.5, 0.6) is 0 Å². The minimum atomic E-state index is -2.86. The molecule has 0 saturated carbocycles. The van der Waals surface area contributed by atoms with Crippen LogP contribution in [0, 0.1) is 0 Å². The third kappa shape index (κ3) is 11.6. The van der Waals surface area contributed by atoms with E-state index >= 15 is 0 Å². The number of thiophene rings is 1. The van der Waals surface area contributed by atoms with Gasteiger partial charge in [0.15, 0.2) is 16.1 Å². The Morgan fingerprint density at radius 1 is 0.184 bits per heavy atom. The molecule has 0 spiro atoms. The zero-order valence-corrected chi connectivity index (χ0v) is 78.6. The Morgan fingerprint density at radius 3 is 1.03 bits per heavy atom. The van der Waals surface area contributed by atoms with Gasteiger partial charge in [0, 0.05) is 92.4 Å². The second kappa shape index (κ2) is 30.7. The lowest BCUT2D eigenvalue weighted by Gasteiger charge is -2.45. The van der Waals surface area contributed by atoms with Crippen LogP contribution in [0.2, 0.25) is 0 Å². The maximum Gasteiger partial charge on any atom is 0.184 e. The predicted molar refractivity (Wildman–Crippen MR) is 585 cm³/mol. The van der Waals surface area contributed by atoms with Crippen LogP contribution in [0.1, 0.15) is 49.9 Å². The standard InChI is InChI=1S/C68H46N2SSi2.C60H45N3/c1-5-21-51(22-6-1)72(52-23-7-2-8-24-52)65-34-18-14-30-59(65)69(60-31-15-19-35-66(60)72)49-39-41-55-47(43-49)37-38-48-44-50(40-42-56(48)55)70-61-32-16-20-36-67(61)73(53-25-9-3-10-26-53,54-27-11-4-12-28-54)68-45-58-57-29-13-17-33-63(57)71-64(58)46-62(68)70;1-59(2)47-27-13-17-31-52(47)62(53-32-18-14-28-48(53)59)55-35-44-40-23-9-11-25-42(40)56(36-45(44)39-22-8-10-24-41(39)55)63-54-33-19-15-29-49(54)60(3,4)50-34-46-43-26-12-16-30-51(43)61(57(46)37-58(50)63)38-20-6-5-7-21-38/h1-46H;5-37H,1-4H3. The Hall–Kier alpha value is -16.2. The van der Waals surface area contributed by atoms with Gasteiger partial charge in [-0.25, -0.2) is 0 Å². The smallest absolute Gasteiger partial charge is 0.184 e. The van der Waals surface area contributed by atoms with Crippen molar-refractivity contribution in [3.8, 4) is 5.69 Å². The van der Waals surface area contributed by atoms with Crippen LogP contribution in [0.3, 0.4) is 0 Å². The number of anilines is 12. The van der Waals surface area contributed by atoms with Crippen LogP contribution >= 0.6 is 11.3 Å². The molecule has 4 aliphatic heterocycles. The Balaban J connectivity index is 0.000000139. The molecule has 6 heterocycles. The molecule has 8 heteroatoms. The summed E-state index contributed by atoms with van der Waals surface area (Å²) in [5.74, 6) is 0. The van der Waals surface area contributed by atoms with E-state index in [0.717, 1.165) is 17.1 Å². The zero-order valence-electron chi connectivity index (χ0n) is 75.8. The van der Waals surface area contributed by atoms with Crippen molar-refractivity contribution in [2.24, 2.45) is 0 Å². The van der Waals surface area contributed by atoms with E-state index < -0.39 is 16.1 Å². The molecule has 0 fully saturated rings. The molecular weight excluding hydrogens is 1700 g/mol. The quantitative estimate of drug-likeness (QED) is 0.106. The normalized spacial score (nSPS) is 14.5. The second-order valence-corrected chi connectivity index (χ2v) is 46.6. The second-order valence-electron chi connectivity index (χ2n) is 38.1. The first-order valence-electron chi connectivity index (χ1n) is 47.4. The summed E-state index contributed by atoms with van der Waals surface area (Å²) in [6.07, 6.45) is 0. The molecule has 22 aromatic carbocycles. The number of hydrogen-bond donors (Lipinski definition) is 0. The molecule has 0 amide bonds. The van der Waals surface area contributed by atoms with Crippen molar-refractivity contribution in [3.63, 3.8) is 0 Å². The van der Waals surface area contributed by atoms with Crippen LogP contribution in [0.25, 0.3) is 102 Å². The Morgan fingerprint density at radius 2 is 0.551 bits per heavy atom. The maximum atomic E-state index is 2.58. The zero-order chi connectivity index (χ0) is 90.3. The summed E-state index contributed by atoms with van der Waals surface area (Å²) in [6, 6.07) is 181. The van der Waals surface area contributed by atoms with Crippen molar-refractivity contribution < 1.29 is 0 Å². The maximum absolute atomic E-state index is 2.86. The number of nitrogens with zero attached hydrogens (tertiary/aromatic N) is 5. The van der Waals surface area contributed by atoms with Gasteiger partial charge in [0.25, 0.3) is 0 Å². The fourth-order valence-electron chi connectivity index (χ4n) is 24.5. The first kappa shape index (κ1) is 79.5. The first-order chi connectivity index (χ1) is 67.0. The number of para-hydroxylation sites is 8. The van der Waals surface area contributed by atoms with E-state index in [1.807, 2.05) is 11.3 Å². The number of aromatic nitrogens is 1. The van der Waals surface area contributed by atoms with Crippen molar-refractivity contribution in [2.75, 3.05) is 19.6 Å². The molecule has 0 N–H and O–H groups in total. The summed E-state index contributed by atoms with van der Waals surface area (Å²) in [7, 11) is -5.58. The van der Waals surface area contributed by atoms with Crippen LogP contribution < -0.4 is 61.1 Å². The molecule has 0 atom stereocenters. The van der Waals surface area contributed by atoms with Crippen molar-refractivity contribution in [1.29, 1.82) is 0 Å². The van der Waals surface area contributed by atoms with Crippen molar-refractivity contribution in [2.45, 2.75) is 38.5 Å². The van der Waals surface area contributed by atoms with Crippen molar-refractivity contribution >= 4 is 233 Å². The minimum Gasteiger partial charge on any atom is -0.311 e. The van der Waals surface area contributed by atoms with Gasteiger partial charge < -0.3 is 24.2 Å². The lowest BCUT2D eigenvalue weighted by molar-refractivity contribution is 0.632. The number of hydrogen-bond acceptors (Lipinski definition) is 5. The Labute approximate surface area is 796 Å². The third-order valence-corrected chi connectivity index (χ3v) is 41.3. The van der Waals surface area contributed by atoms with Gasteiger partial charge in [-0.05, 0) is 222 Å². The van der Waals surface area contributed by atoms with E-state index in [1.54, 1.807) is 0 Å². The lowest BCUT2D eigenvalue weighted by atomic mass is 9.73. The van der Waals surface area contributed by atoms with E-state index in [0.29, 0.717) is 0 Å². The van der Waals surface area contributed by atoms with E-state index in [2.05, 4.69) is 531 Å². The van der Waals surface area contributed by atoms with Crippen LogP contribution in [0.4, 0.5) is 68.2 Å². The Kier molecular flexibility index (Phi) is 17.9. The summed E-state index contributed by atoms with van der Waals surface area (Å²) >= 11 is 1.90. The van der Waals surface area contributed by atoms with Gasteiger partial charge in [-0.3, -0.25) is 0 Å². The summed E-state index contributed by atoms with van der Waals surface area (Å²) in [5.41, 5.74) is 23.0. The lowest BCUT2D eigenvalue weighted by Crippen LogP contribution is -2.77. The molecule has 0 radical (unpaired) electrons. The number of fused-ring (bicyclic) bond motifs is 22. The average molecular weight is 1790 g/mol. The third-order valence-electron chi connectivity index (χ3n) is 30.4. The molecule has 28 rings (SSSR count). The highest BCUT2D eigenvalue weighted by Crippen LogP contribution is 2.59. The minimum absolute atomic E-state index is 0.144. The van der Waals surface area contributed by atoms with Gasteiger partial charge in [-0.15, -0.1) is 11.3 Å². The van der Waals surface area contributed by atoms with Crippen LogP contribution in [-0.4, -0.2) is 20.7 Å². The molecule has 0 unspecified atom stereocenters. The highest BCUT2D eigenvalue weighted by molar-refractivity contribution is 7.26. The number of benzene rings is 22. The van der Waals surface area contributed by atoms with Crippen molar-refractivity contribution in [3.05, 3.63) is 501 Å². The highest BCUT2D eigenvalue weighted by atomic mass is 32.1. The number of rotatable bonds is 9. The monoisotopic (exact) mass is 1790 g/mol. The molecule has 0 aliphatic carbocycles. The van der Waals surface area contributed by atoms with Gasteiger partial charge in [0.2, 0.25) is 0 Å². The molecule has 2 aromatic heterocycles. The summed E-state index contributed by atoms with van der Waals surface area (Å²) in [6.45, 7) is 9.52. The fraction of sp³-hybridized carbons (Fsp3) is 0.0469. The van der Waals surface area contributed by atoms with Gasteiger partial charge in [0.1, 0.15) is 0 Å². The molecule has 642 valence electrons. The van der Waals surface area contributed by atoms with Gasteiger partial charge in [-0.1, -0.05) is 392 Å². The predicted octanol–water partition coefficient (Wildman–Crippen LogP) is 29.1. The molecule has 5 nitrogen and oxygen atoms in total. The fourth-order valence-corrected chi connectivity index (χ4v) is 35.8. The molecule has 24 aromatic rings. The molecular formula is C128H91N5SSi2. The van der Waals surface area contributed by atoms with Gasteiger partial charge in [0.05, 0.1) is 45.2 Å². The van der Waals surface area contributed by atoms with E-state index in [-0.39, 0.29) is 10.8 Å². The van der Waals surface area contributed by atoms with E-state index in [4.69, 9.17) is 0 Å². The highest BCUT2D eigenvalue weighted by Gasteiger charge is 2.52. The SMILES string of the molecule is CC1(C)c2ccccc2N(c2cc3c4ccccc4c(N4c5ccccc5C(C)(C)c5cc6c7ccccc7n(-c7ccccc7)c6cc54)cc3c3ccccc23)c2ccccc21.c1ccc([Si]2(c3ccccc3)c3ccccc3N(c3ccc4c(ccc5cc(N6c7ccccc7[Si](c7ccccc7)(c7ccccc7)c7cc8c(cc76)sc6ccccc68)ccc54)c3)c3ccccc32)cc1. The van der Waals surface area contributed by atoms with E-state index in [1.165, 1.54) is 216 Å². The summed E-state index contributed by atoms with van der Waals surface area (Å²) < 4.78 is 5.07. The summed E-state index contributed by atoms with van der Waals surface area (Å²) in [5, 5.41) is 28.7. The molecule has 0 bridgehead atoms.